The summed E-state index contributed by atoms with van der Waals surface area (Å²) in [6, 6.07) is 0.891. The molecule has 0 aromatic heterocycles. The molecule has 2 rings (SSSR count). The zero-order chi connectivity index (χ0) is 17.0. The molecule has 2 heterocycles. The average molecular weight is 340 g/mol. The van der Waals surface area contributed by atoms with Crippen molar-refractivity contribution in [3.63, 3.8) is 0 Å². The molecule has 7 nitrogen and oxygen atoms in total. The third-order valence-corrected chi connectivity index (χ3v) is 4.14. The van der Waals surface area contributed by atoms with Crippen LogP contribution < -0.4 is 5.32 Å². The van der Waals surface area contributed by atoms with E-state index in [1.54, 1.807) is 0 Å². The number of rotatable bonds is 13. The van der Waals surface area contributed by atoms with Crippen LogP contribution in [0.5, 0.6) is 0 Å². The molecule has 0 spiro atoms. The number of likely N-dealkylation sites (tertiary alicyclic amines) is 1. The van der Waals surface area contributed by atoms with Gasteiger partial charge in [-0.3, -0.25) is 4.79 Å². The third-order valence-electron chi connectivity index (χ3n) is 4.14. The first kappa shape index (κ1) is 19.2. The first-order valence-corrected chi connectivity index (χ1v) is 8.58. The third kappa shape index (κ3) is 6.75. The van der Waals surface area contributed by atoms with Crippen molar-refractivity contribution in [3.8, 4) is 12.3 Å². The molecule has 0 saturated carbocycles. The lowest BCUT2D eigenvalue weighted by Gasteiger charge is -2.27. The maximum absolute atomic E-state index is 12.1. The predicted molar refractivity (Wildman–Crippen MR) is 88.6 cm³/mol. The minimum absolute atomic E-state index is 0.199. The van der Waals surface area contributed by atoms with Gasteiger partial charge in [-0.1, -0.05) is 5.92 Å². The molecular formula is C17H28N2O5. The molecule has 2 aliphatic heterocycles. The Balaban J connectivity index is 1.32. The van der Waals surface area contributed by atoms with Gasteiger partial charge in [0.25, 0.3) is 0 Å². The summed E-state index contributed by atoms with van der Waals surface area (Å²) in [5, 5.41) is 3.39. The second-order valence-electron chi connectivity index (χ2n) is 5.88. The van der Waals surface area contributed by atoms with Crippen LogP contribution in [0.15, 0.2) is 0 Å². The van der Waals surface area contributed by atoms with Gasteiger partial charge < -0.3 is 29.2 Å². The van der Waals surface area contributed by atoms with Crippen LogP contribution >= 0.6 is 0 Å². The van der Waals surface area contributed by atoms with Crippen molar-refractivity contribution >= 4 is 5.91 Å². The van der Waals surface area contributed by atoms with Crippen LogP contribution in [-0.4, -0.2) is 88.8 Å². The van der Waals surface area contributed by atoms with Crippen LogP contribution in [0.1, 0.15) is 12.8 Å². The largest absolute Gasteiger partial charge is 0.379 e. The Morgan fingerprint density at radius 2 is 1.67 bits per heavy atom. The monoisotopic (exact) mass is 340 g/mol. The van der Waals surface area contributed by atoms with E-state index in [-0.39, 0.29) is 5.91 Å². The van der Waals surface area contributed by atoms with Crippen LogP contribution in [0, 0.1) is 12.3 Å². The van der Waals surface area contributed by atoms with E-state index in [4.69, 9.17) is 25.4 Å². The lowest BCUT2D eigenvalue weighted by molar-refractivity contribution is -0.133. The number of carbonyl (C=O) groups excluding carboxylic acids is 1. The first-order chi connectivity index (χ1) is 11.8. The molecule has 2 fully saturated rings. The number of hydrogen-bond donors (Lipinski definition) is 1. The van der Waals surface area contributed by atoms with Crippen LogP contribution in [-0.2, 0) is 23.7 Å². The molecule has 0 aromatic rings. The van der Waals surface area contributed by atoms with E-state index in [2.05, 4.69) is 11.2 Å². The Labute approximate surface area is 143 Å². The summed E-state index contributed by atoms with van der Waals surface area (Å²) >= 11 is 0. The molecule has 0 aliphatic carbocycles. The molecule has 1 amide bonds. The predicted octanol–water partition coefficient (Wildman–Crippen LogP) is -0.351. The fraction of sp³-hybridized carbons (Fsp3) is 0.824. The highest BCUT2D eigenvalue weighted by atomic mass is 16.6. The van der Waals surface area contributed by atoms with Gasteiger partial charge in [0.05, 0.1) is 52.7 Å². The number of piperazine rings is 1. The van der Waals surface area contributed by atoms with E-state index in [9.17, 15) is 4.79 Å². The summed E-state index contributed by atoms with van der Waals surface area (Å²) in [6.45, 7) is 5.58. The number of terminal acetylenes is 1. The maximum Gasteiger partial charge on any atom is 0.225 e. The Morgan fingerprint density at radius 1 is 1.04 bits per heavy atom. The highest BCUT2D eigenvalue weighted by molar-refractivity contribution is 5.77. The van der Waals surface area contributed by atoms with Gasteiger partial charge in [-0.2, -0.15) is 0 Å². The van der Waals surface area contributed by atoms with Crippen molar-refractivity contribution in [1.82, 2.24) is 10.2 Å². The molecule has 0 aromatic carbocycles. The molecule has 24 heavy (non-hydrogen) atoms. The summed E-state index contributed by atoms with van der Waals surface area (Å²) in [5.74, 6) is 2.59. The van der Waals surface area contributed by atoms with Crippen molar-refractivity contribution in [2.45, 2.75) is 24.9 Å². The maximum atomic E-state index is 12.1. The zero-order valence-corrected chi connectivity index (χ0v) is 14.2. The zero-order valence-electron chi connectivity index (χ0n) is 14.2. The van der Waals surface area contributed by atoms with Crippen molar-refractivity contribution in [1.29, 1.82) is 0 Å². The van der Waals surface area contributed by atoms with Gasteiger partial charge in [-0.05, 0) is 6.42 Å². The lowest BCUT2D eigenvalue weighted by atomic mass is 10.2. The molecular weight excluding hydrogens is 312 g/mol. The fourth-order valence-corrected chi connectivity index (χ4v) is 2.96. The molecule has 2 atom stereocenters. The van der Waals surface area contributed by atoms with E-state index >= 15 is 0 Å². The second kappa shape index (κ2) is 11.4. The number of ether oxygens (including phenoxy) is 4. The Hall–Kier alpha value is -1.17. The normalized spacial score (nSPS) is 22.0. The van der Waals surface area contributed by atoms with Crippen molar-refractivity contribution in [3.05, 3.63) is 0 Å². The standard InChI is InChI=1S/C17H28N2O5/c1-2-4-21-6-8-23-10-11-24-9-7-22-5-3-17(20)19-14-15-12-16(19)13-18-15/h1,15-16,18H,3-14H2/t15-,16-/m0/s1. The van der Waals surface area contributed by atoms with Gasteiger partial charge in [-0.25, -0.2) is 0 Å². The van der Waals surface area contributed by atoms with Gasteiger partial charge in [0.2, 0.25) is 5.91 Å². The van der Waals surface area contributed by atoms with E-state index in [0.717, 1.165) is 19.5 Å². The van der Waals surface area contributed by atoms with Gasteiger partial charge in [0.1, 0.15) is 6.61 Å². The number of fused-ring (bicyclic) bond motifs is 2. The molecule has 0 unspecified atom stereocenters. The molecule has 1 N–H and O–H groups in total. The highest BCUT2D eigenvalue weighted by Gasteiger charge is 2.39. The SMILES string of the molecule is C#CCOCCOCCOCCOCCC(=O)N1C[C@@H]2C[C@H]1CN2. The Morgan fingerprint density at radius 3 is 2.21 bits per heavy atom. The van der Waals surface area contributed by atoms with Gasteiger partial charge in [0.15, 0.2) is 0 Å². The van der Waals surface area contributed by atoms with E-state index in [0.29, 0.717) is 71.4 Å². The summed E-state index contributed by atoms with van der Waals surface area (Å²) in [6.07, 6.45) is 6.59. The minimum Gasteiger partial charge on any atom is -0.379 e. The lowest BCUT2D eigenvalue weighted by Crippen LogP contribution is -2.46. The van der Waals surface area contributed by atoms with Gasteiger partial charge in [0, 0.05) is 25.2 Å². The van der Waals surface area contributed by atoms with Crippen LogP contribution in [0.25, 0.3) is 0 Å². The van der Waals surface area contributed by atoms with Crippen LogP contribution in [0.4, 0.5) is 0 Å². The highest BCUT2D eigenvalue weighted by Crippen LogP contribution is 2.23. The van der Waals surface area contributed by atoms with Gasteiger partial charge in [-0.15, -0.1) is 6.42 Å². The first-order valence-electron chi connectivity index (χ1n) is 8.58. The van der Waals surface area contributed by atoms with E-state index in [1.165, 1.54) is 0 Å². The van der Waals surface area contributed by atoms with E-state index < -0.39 is 0 Å². The summed E-state index contributed by atoms with van der Waals surface area (Å²) in [4.78, 5) is 14.1. The Kier molecular flexibility index (Phi) is 9.10. The summed E-state index contributed by atoms with van der Waals surface area (Å²) in [7, 11) is 0. The molecule has 136 valence electrons. The second-order valence-corrected chi connectivity index (χ2v) is 5.88. The number of carbonyl (C=O) groups is 1. The molecule has 2 aliphatic rings. The smallest absolute Gasteiger partial charge is 0.225 e. The summed E-state index contributed by atoms with van der Waals surface area (Å²) in [5.41, 5.74) is 0. The number of nitrogens with one attached hydrogen (secondary N) is 1. The quantitative estimate of drug-likeness (QED) is 0.365. The van der Waals surface area contributed by atoms with Crippen LogP contribution in [0.3, 0.4) is 0 Å². The van der Waals surface area contributed by atoms with Crippen molar-refractivity contribution in [2.75, 3.05) is 65.9 Å². The molecule has 2 bridgehead atoms. The van der Waals surface area contributed by atoms with E-state index in [1.807, 2.05) is 4.90 Å². The molecule has 7 heteroatoms. The Bertz CT molecular complexity index is 412. The van der Waals surface area contributed by atoms with Crippen LogP contribution in [0.2, 0.25) is 0 Å². The fourth-order valence-electron chi connectivity index (χ4n) is 2.96. The topological polar surface area (TPSA) is 69.3 Å². The summed E-state index contributed by atoms with van der Waals surface area (Å²) < 4.78 is 21.2. The van der Waals surface area contributed by atoms with Gasteiger partial charge >= 0.3 is 0 Å². The number of nitrogens with zero attached hydrogens (tertiary/aromatic N) is 1. The minimum atomic E-state index is 0.199. The van der Waals surface area contributed by atoms with Crippen molar-refractivity contribution < 1.29 is 23.7 Å². The number of hydrogen-bond acceptors (Lipinski definition) is 6. The molecule has 0 radical (unpaired) electrons. The average Bonchev–Trinajstić information content (AvgIpc) is 3.22. The van der Waals surface area contributed by atoms with Crippen molar-refractivity contribution in [2.24, 2.45) is 0 Å². The molecule has 2 saturated heterocycles. The number of amides is 1.